The fraction of sp³-hybridized carbons (Fsp3) is 0.455. The molecule has 2 amide bonds. The smallest absolute Gasteiger partial charge is 0.336 e. The van der Waals surface area contributed by atoms with E-state index in [1.165, 1.54) is 27.2 Å². The van der Waals surface area contributed by atoms with Crippen LogP contribution in [0.1, 0.15) is 32.8 Å². The van der Waals surface area contributed by atoms with Crippen LogP contribution in [0.15, 0.2) is 33.5 Å². The van der Waals surface area contributed by atoms with Crippen LogP contribution in [-0.4, -0.2) is 44.1 Å². The van der Waals surface area contributed by atoms with E-state index in [-0.39, 0.29) is 18.2 Å². The molecular formula is C22H28N2O7. The Bertz CT molecular complexity index is 1010. The normalized spacial score (nSPS) is 12.8. The SMILES string of the molecule is COC(=O)[C@@H](Cc1cc(=O)oc2cc(OC)ccc12)NC(=O)[C@H](CC(C)C)NC(C)=O. The zero-order chi connectivity index (χ0) is 23.1. The van der Waals surface area contributed by atoms with Crippen LogP contribution in [0.5, 0.6) is 5.75 Å². The summed E-state index contributed by atoms with van der Waals surface area (Å²) in [5.41, 5.74) is 0.207. The number of hydrogen-bond donors (Lipinski definition) is 2. The molecule has 2 rings (SSSR count). The molecule has 1 aromatic heterocycles. The average molecular weight is 432 g/mol. The minimum atomic E-state index is -1.06. The molecule has 2 N–H and O–H groups in total. The molecule has 0 aliphatic heterocycles. The van der Waals surface area contributed by atoms with Crippen LogP contribution < -0.4 is 21.0 Å². The number of rotatable bonds is 9. The van der Waals surface area contributed by atoms with Crippen molar-refractivity contribution in [2.24, 2.45) is 5.92 Å². The first-order valence-corrected chi connectivity index (χ1v) is 9.90. The Morgan fingerprint density at radius 2 is 1.77 bits per heavy atom. The third kappa shape index (κ3) is 6.56. The molecule has 0 saturated carbocycles. The summed E-state index contributed by atoms with van der Waals surface area (Å²) in [6.45, 7) is 5.16. The van der Waals surface area contributed by atoms with E-state index < -0.39 is 29.6 Å². The van der Waals surface area contributed by atoms with E-state index in [9.17, 15) is 19.2 Å². The summed E-state index contributed by atoms with van der Waals surface area (Å²) >= 11 is 0. The number of hydrogen-bond acceptors (Lipinski definition) is 7. The lowest BCUT2D eigenvalue weighted by Gasteiger charge is -2.23. The Labute approximate surface area is 180 Å². The van der Waals surface area contributed by atoms with Gasteiger partial charge in [0.1, 0.15) is 23.4 Å². The van der Waals surface area contributed by atoms with Crippen molar-refractivity contribution >= 4 is 28.8 Å². The number of nitrogens with one attached hydrogen (secondary N) is 2. The molecule has 0 aliphatic rings. The van der Waals surface area contributed by atoms with Crippen LogP contribution in [0.25, 0.3) is 11.0 Å². The highest BCUT2D eigenvalue weighted by Crippen LogP contribution is 2.23. The molecule has 0 aliphatic carbocycles. The average Bonchev–Trinajstić information content (AvgIpc) is 2.70. The summed E-state index contributed by atoms with van der Waals surface area (Å²) in [7, 11) is 2.71. The van der Waals surface area contributed by atoms with Crippen molar-refractivity contribution in [3.05, 3.63) is 40.2 Å². The second-order valence-corrected chi connectivity index (χ2v) is 7.62. The molecule has 168 valence electrons. The summed E-state index contributed by atoms with van der Waals surface area (Å²) in [5.74, 6) is -0.882. The predicted molar refractivity (Wildman–Crippen MR) is 114 cm³/mol. The molecule has 1 heterocycles. The Hall–Kier alpha value is -3.36. The van der Waals surface area contributed by atoms with Crippen molar-refractivity contribution in [3.63, 3.8) is 0 Å². The first-order valence-electron chi connectivity index (χ1n) is 9.90. The molecule has 9 heteroatoms. The van der Waals surface area contributed by atoms with Gasteiger partial charge >= 0.3 is 11.6 Å². The van der Waals surface area contributed by atoms with Gasteiger partial charge in [-0.25, -0.2) is 9.59 Å². The highest BCUT2D eigenvalue weighted by Gasteiger charge is 2.28. The Balaban J connectivity index is 2.35. The van der Waals surface area contributed by atoms with Gasteiger partial charge in [-0.3, -0.25) is 9.59 Å². The zero-order valence-corrected chi connectivity index (χ0v) is 18.3. The Morgan fingerprint density at radius 3 is 2.35 bits per heavy atom. The van der Waals surface area contributed by atoms with Gasteiger partial charge in [0.25, 0.3) is 0 Å². The van der Waals surface area contributed by atoms with Crippen molar-refractivity contribution in [1.29, 1.82) is 0 Å². The van der Waals surface area contributed by atoms with Gasteiger partial charge in [-0.15, -0.1) is 0 Å². The van der Waals surface area contributed by atoms with Crippen LogP contribution in [0, 0.1) is 5.92 Å². The summed E-state index contributed by atoms with van der Waals surface area (Å²) < 4.78 is 15.2. The molecule has 0 unspecified atom stereocenters. The van der Waals surface area contributed by atoms with Gasteiger partial charge in [-0.2, -0.15) is 0 Å². The Kier molecular flexibility index (Phi) is 8.18. The van der Waals surface area contributed by atoms with Crippen LogP contribution in [-0.2, 0) is 25.5 Å². The lowest BCUT2D eigenvalue weighted by molar-refractivity contribution is -0.145. The van der Waals surface area contributed by atoms with Gasteiger partial charge in [-0.1, -0.05) is 13.8 Å². The van der Waals surface area contributed by atoms with Gasteiger partial charge in [0.15, 0.2) is 0 Å². The van der Waals surface area contributed by atoms with Crippen LogP contribution in [0.4, 0.5) is 0 Å². The minimum Gasteiger partial charge on any atom is -0.497 e. The van der Waals surface area contributed by atoms with Crippen LogP contribution in [0.3, 0.4) is 0 Å². The molecule has 0 saturated heterocycles. The number of methoxy groups -OCH3 is 2. The molecule has 1 aromatic carbocycles. The maximum atomic E-state index is 12.8. The highest BCUT2D eigenvalue weighted by molar-refractivity contribution is 5.91. The van der Waals surface area contributed by atoms with Crippen molar-refractivity contribution in [2.45, 2.75) is 45.7 Å². The first kappa shape index (κ1) is 23.9. The molecule has 31 heavy (non-hydrogen) atoms. The van der Waals surface area contributed by atoms with E-state index >= 15 is 0 Å². The van der Waals surface area contributed by atoms with E-state index in [1.54, 1.807) is 18.2 Å². The maximum Gasteiger partial charge on any atom is 0.336 e. The predicted octanol–water partition coefficient (Wildman–Crippen LogP) is 1.55. The number of carbonyl (C=O) groups is 3. The van der Waals surface area contributed by atoms with E-state index in [4.69, 9.17) is 13.9 Å². The summed E-state index contributed by atoms with van der Waals surface area (Å²) in [5, 5.41) is 5.86. The van der Waals surface area contributed by atoms with Gasteiger partial charge in [-0.05, 0) is 30.0 Å². The number of amides is 2. The maximum absolute atomic E-state index is 12.8. The van der Waals surface area contributed by atoms with Crippen molar-refractivity contribution in [3.8, 4) is 5.75 Å². The molecule has 9 nitrogen and oxygen atoms in total. The van der Waals surface area contributed by atoms with E-state index in [0.29, 0.717) is 28.7 Å². The van der Waals surface area contributed by atoms with Crippen molar-refractivity contribution in [1.82, 2.24) is 10.6 Å². The molecule has 0 fully saturated rings. The summed E-state index contributed by atoms with van der Waals surface area (Å²) in [6, 6.07) is 4.39. The standard InChI is InChI=1S/C22H28N2O7/c1-12(2)8-17(23-13(3)25)21(27)24-18(22(28)30-5)9-14-10-20(26)31-19-11-15(29-4)6-7-16(14)19/h6-7,10-12,17-18H,8-9H2,1-5H3,(H,23,25)(H,24,27)/t17-,18+/m0/s1. The van der Waals surface area contributed by atoms with Gasteiger partial charge < -0.3 is 24.5 Å². The summed E-state index contributed by atoms with van der Waals surface area (Å²) in [4.78, 5) is 48.8. The van der Waals surface area contributed by atoms with E-state index in [2.05, 4.69) is 10.6 Å². The molecule has 0 spiro atoms. The van der Waals surface area contributed by atoms with Gasteiger partial charge in [0.2, 0.25) is 11.8 Å². The number of ether oxygens (including phenoxy) is 2. The number of fused-ring (bicyclic) bond motifs is 1. The molecule has 2 atom stereocenters. The Morgan fingerprint density at radius 1 is 1.06 bits per heavy atom. The van der Waals surface area contributed by atoms with Crippen molar-refractivity contribution < 1.29 is 28.3 Å². The fourth-order valence-corrected chi connectivity index (χ4v) is 3.28. The summed E-state index contributed by atoms with van der Waals surface area (Å²) in [6.07, 6.45) is 0.401. The third-order valence-corrected chi connectivity index (χ3v) is 4.66. The largest absolute Gasteiger partial charge is 0.497 e. The van der Waals surface area contributed by atoms with Gasteiger partial charge in [0.05, 0.1) is 14.2 Å². The zero-order valence-electron chi connectivity index (χ0n) is 18.3. The number of benzene rings is 1. The number of esters is 1. The first-order chi connectivity index (χ1) is 14.6. The highest BCUT2D eigenvalue weighted by atomic mass is 16.5. The topological polar surface area (TPSA) is 124 Å². The monoisotopic (exact) mass is 432 g/mol. The lowest BCUT2D eigenvalue weighted by Crippen LogP contribution is -2.52. The third-order valence-electron chi connectivity index (χ3n) is 4.66. The second kappa shape index (κ2) is 10.6. The van der Waals surface area contributed by atoms with E-state index in [0.717, 1.165) is 0 Å². The van der Waals surface area contributed by atoms with Crippen LogP contribution in [0.2, 0.25) is 0 Å². The second-order valence-electron chi connectivity index (χ2n) is 7.62. The van der Waals surface area contributed by atoms with Gasteiger partial charge in [0, 0.05) is 30.9 Å². The lowest BCUT2D eigenvalue weighted by atomic mass is 10.00. The quantitative estimate of drug-likeness (QED) is 0.455. The number of carbonyl (C=O) groups excluding carboxylic acids is 3. The molecule has 0 radical (unpaired) electrons. The van der Waals surface area contributed by atoms with Crippen LogP contribution >= 0.6 is 0 Å². The fourth-order valence-electron chi connectivity index (χ4n) is 3.28. The minimum absolute atomic E-state index is 0.00130. The van der Waals surface area contributed by atoms with E-state index in [1.807, 2.05) is 13.8 Å². The van der Waals surface area contributed by atoms with Crippen molar-refractivity contribution in [2.75, 3.05) is 14.2 Å². The molecule has 0 bridgehead atoms. The molecule has 2 aromatic rings. The molecular weight excluding hydrogens is 404 g/mol.